The number of unbranched alkanes of at least 4 members (excludes halogenated alkanes) is 39. The fourth-order valence-corrected chi connectivity index (χ4v) is 8.88. The van der Waals surface area contributed by atoms with E-state index in [0.29, 0.717) is 6.42 Å². The molecule has 0 aliphatic carbocycles. The second-order valence-electron chi connectivity index (χ2n) is 19.8. The summed E-state index contributed by atoms with van der Waals surface area (Å²) in [5, 5.41) is 33.4. The molecule has 3 unspecified atom stereocenters. The van der Waals surface area contributed by atoms with Crippen molar-refractivity contribution in [2.75, 3.05) is 6.61 Å². The van der Waals surface area contributed by atoms with Crippen LogP contribution in [0.1, 0.15) is 303 Å². The Morgan fingerprint density at radius 2 is 0.677 bits per heavy atom. The fourth-order valence-electron chi connectivity index (χ4n) is 8.88. The minimum Gasteiger partial charge on any atom is -0.394 e. The molecule has 0 saturated heterocycles. The van der Waals surface area contributed by atoms with Crippen molar-refractivity contribution in [3.8, 4) is 0 Å². The lowest BCUT2D eigenvalue weighted by Crippen LogP contribution is -2.48. The molecule has 65 heavy (non-hydrogen) atoms. The number of carbonyl (C=O) groups excluding carboxylic acids is 1. The van der Waals surface area contributed by atoms with Gasteiger partial charge in [0.05, 0.1) is 18.8 Å². The standard InChI is InChI=1S/C60H113NO4/c1-3-5-7-9-11-13-15-17-19-21-23-25-26-27-28-29-30-31-32-33-35-37-39-41-43-45-47-49-51-53-55-59(64)60(65)61-57(56-62)58(63)54-52-50-48-46-44-42-40-38-36-34-24-22-20-18-16-14-12-10-8-6-4-2/h23,25,27-28,44,46,52,54,57-59,62-64H,3-22,24,26,29-43,45,47-51,53,55-56H2,1-2H3,(H,61,65)/b25-23-,28-27-,46-44+,54-52+. The van der Waals surface area contributed by atoms with E-state index in [4.69, 9.17) is 0 Å². The summed E-state index contributed by atoms with van der Waals surface area (Å²) in [7, 11) is 0. The van der Waals surface area contributed by atoms with Gasteiger partial charge in [0.1, 0.15) is 6.10 Å². The van der Waals surface area contributed by atoms with Gasteiger partial charge in [0.2, 0.25) is 5.91 Å². The number of amides is 1. The maximum Gasteiger partial charge on any atom is 0.249 e. The summed E-state index contributed by atoms with van der Waals surface area (Å²) < 4.78 is 0. The van der Waals surface area contributed by atoms with Crippen molar-refractivity contribution >= 4 is 5.91 Å². The zero-order valence-corrected chi connectivity index (χ0v) is 43.6. The van der Waals surface area contributed by atoms with Gasteiger partial charge < -0.3 is 20.6 Å². The molecule has 3 atom stereocenters. The van der Waals surface area contributed by atoms with Gasteiger partial charge in [0, 0.05) is 0 Å². The molecule has 0 aromatic rings. The largest absolute Gasteiger partial charge is 0.394 e. The van der Waals surface area contributed by atoms with E-state index in [1.807, 2.05) is 6.08 Å². The van der Waals surface area contributed by atoms with Crippen LogP contribution in [0.25, 0.3) is 0 Å². The molecule has 0 radical (unpaired) electrons. The van der Waals surface area contributed by atoms with E-state index in [-0.39, 0.29) is 6.61 Å². The number of allylic oxidation sites excluding steroid dienone is 7. The number of hydrogen-bond acceptors (Lipinski definition) is 4. The van der Waals surface area contributed by atoms with Crippen LogP contribution < -0.4 is 5.32 Å². The van der Waals surface area contributed by atoms with E-state index in [0.717, 1.165) is 44.9 Å². The SMILES string of the molecule is CCCCCCCCCCC/C=C\C/C=C\CCCCCCCCCCCCCCCCC(O)C(=O)NC(CO)C(O)/C=C/CC/C=C/CCCCCCCCCCCCCCCCC. The lowest BCUT2D eigenvalue weighted by molar-refractivity contribution is -0.131. The molecule has 0 aromatic carbocycles. The van der Waals surface area contributed by atoms with E-state index in [1.54, 1.807) is 6.08 Å². The number of aliphatic hydroxyl groups is 3. The highest BCUT2D eigenvalue weighted by Crippen LogP contribution is 2.17. The Kier molecular flexibility index (Phi) is 53.5. The number of carbonyl (C=O) groups is 1. The van der Waals surface area contributed by atoms with Gasteiger partial charge in [0.15, 0.2) is 0 Å². The predicted molar refractivity (Wildman–Crippen MR) is 287 cm³/mol. The van der Waals surface area contributed by atoms with Crippen LogP contribution in [0.5, 0.6) is 0 Å². The van der Waals surface area contributed by atoms with Crippen LogP contribution in [0.15, 0.2) is 48.6 Å². The smallest absolute Gasteiger partial charge is 0.249 e. The maximum atomic E-state index is 12.6. The Morgan fingerprint density at radius 3 is 1.03 bits per heavy atom. The highest BCUT2D eigenvalue weighted by molar-refractivity contribution is 5.80. The molecule has 0 saturated carbocycles. The molecular weight excluding hydrogens is 799 g/mol. The lowest BCUT2D eigenvalue weighted by Gasteiger charge is -2.21. The minimum absolute atomic E-state index is 0.376. The second-order valence-corrected chi connectivity index (χ2v) is 19.8. The molecule has 5 heteroatoms. The van der Waals surface area contributed by atoms with Gasteiger partial charge in [-0.3, -0.25) is 4.79 Å². The van der Waals surface area contributed by atoms with Gasteiger partial charge >= 0.3 is 0 Å². The van der Waals surface area contributed by atoms with Gasteiger partial charge in [-0.05, 0) is 64.2 Å². The van der Waals surface area contributed by atoms with Crippen molar-refractivity contribution < 1.29 is 20.1 Å². The Bertz CT molecular complexity index is 1050. The first-order valence-electron chi connectivity index (χ1n) is 29.0. The maximum absolute atomic E-state index is 12.6. The zero-order chi connectivity index (χ0) is 47.2. The Hall–Kier alpha value is -1.69. The number of hydrogen-bond donors (Lipinski definition) is 4. The first kappa shape index (κ1) is 63.3. The first-order chi connectivity index (χ1) is 32.1. The van der Waals surface area contributed by atoms with E-state index in [2.05, 4.69) is 55.6 Å². The molecule has 0 spiro atoms. The quantitative estimate of drug-likeness (QED) is 0.0361. The predicted octanol–water partition coefficient (Wildman–Crippen LogP) is 18.0. The highest BCUT2D eigenvalue weighted by Gasteiger charge is 2.22. The molecular formula is C60H113NO4. The summed E-state index contributed by atoms with van der Waals surface area (Å²) in [6.45, 7) is 4.20. The van der Waals surface area contributed by atoms with Crippen molar-refractivity contribution in [1.82, 2.24) is 5.32 Å². The molecule has 0 aromatic heterocycles. The Labute approximate surface area is 406 Å². The van der Waals surface area contributed by atoms with Crippen molar-refractivity contribution in [3.05, 3.63) is 48.6 Å². The van der Waals surface area contributed by atoms with E-state index < -0.39 is 24.2 Å². The molecule has 382 valence electrons. The highest BCUT2D eigenvalue weighted by atomic mass is 16.3. The van der Waals surface area contributed by atoms with E-state index in [1.165, 1.54) is 238 Å². The van der Waals surface area contributed by atoms with Crippen LogP contribution in [0.3, 0.4) is 0 Å². The molecule has 0 heterocycles. The molecule has 5 nitrogen and oxygen atoms in total. The first-order valence-corrected chi connectivity index (χ1v) is 29.0. The molecule has 0 fully saturated rings. The monoisotopic (exact) mass is 912 g/mol. The summed E-state index contributed by atoms with van der Waals surface area (Å²) in [6, 6.07) is -0.816. The molecule has 0 bridgehead atoms. The van der Waals surface area contributed by atoms with Gasteiger partial charge in [-0.25, -0.2) is 0 Å². The van der Waals surface area contributed by atoms with Gasteiger partial charge in [-0.15, -0.1) is 0 Å². The fraction of sp³-hybridized carbons (Fsp3) is 0.850. The third-order valence-corrected chi connectivity index (χ3v) is 13.4. The van der Waals surface area contributed by atoms with Crippen LogP contribution in [0.2, 0.25) is 0 Å². The second kappa shape index (κ2) is 54.9. The number of nitrogens with one attached hydrogen (secondary N) is 1. The summed E-state index contributed by atoms with van der Waals surface area (Å²) in [6.07, 6.45) is 73.4. The third kappa shape index (κ3) is 50.0. The van der Waals surface area contributed by atoms with Crippen molar-refractivity contribution in [1.29, 1.82) is 0 Å². The molecule has 1 amide bonds. The molecule has 0 aliphatic heterocycles. The summed E-state index contributed by atoms with van der Waals surface area (Å²) in [5.74, 6) is -0.511. The zero-order valence-electron chi connectivity index (χ0n) is 43.6. The average Bonchev–Trinajstić information content (AvgIpc) is 3.31. The average molecular weight is 913 g/mol. The van der Waals surface area contributed by atoms with Crippen LogP contribution in [0.4, 0.5) is 0 Å². The summed E-state index contributed by atoms with van der Waals surface area (Å²) in [5.41, 5.74) is 0. The van der Waals surface area contributed by atoms with Crippen molar-refractivity contribution in [2.45, 2.75) is 321 Å². The third-order valence-electron chi connectivity index (χ3n) is 13.4. The lowest BCUT2D eigenvalue weighted by atomic mass is 10.0. The molecule has 0 aliphatic rings. The van der Waals surface area contributed by atoms with Crippen LogP contribution in [-0.2, 0) is 4.79 Å². The molecule has 0 rings (SSSR count). The van der Waals surface area contributed by atoms with Crippen LogP contribution in [0, 0.1) is 0 Å². The van der Waals surface area contributed by atoms with Gasteiger partial charge in [0.25, 0.3) is 0 Å². The van der Waals surface area contributed by atoms with Crippen LogP contribution in [-0.4, -0.2) is 46.1 Å². The Morgan fingerprint density at radius 1 is 0.385 bits per heavy atom. The van der Waals surface area contributed by atoms with E-state index in [9.17, 15) is 20.1 Å². The number of aliphatic hydroxyl groups excluding tert-OH is 3. The number of rotatable bonds is 53. The van der Waals surface area contributed by atoms with Crippen molar-refractivity contribution in [2.24, 2.45) is 0 Å². The topological polar surface area (TPSA) is 89.8 Å². The Balaban J connectivity index is 3.59. The van der Waals surface area contributed by atoms with Gasteiger partial charge in [-0.2, -0.15) is 0 Å². The van der Waals surface area contributed by atoms with Crippen molar-refractivity contribution in [3.63, 3.8) is 0 Å². The minimum atomic E-state index is -1.11. The summed E-state index contributed by atoms with van der Waals surface area (Å²) >= 11 is 0. The van der Waals surface area contributed by atoms with Crippen LogP contribution >= 0.6 is 0 Å². The summed E-state index contributed by atoms with van der Waals surface area (Å²) in [4.78, 5) is 12.6. The van der Waals surface area contributed by atoms with Gasteiger partial charge in [-0.1, -0.05) is 287 Å². The molecule has 4 N–H and O–H groups in total. The van der Waals surface area contributed by atoms with E-state index >= 15 is 0 Å². The normalized spacial score (nSPS) is 13.6.